The molecule has 3 heterocycles. The van der Waals surface area contributed by atoms with Crippen molar-refractivity contribution in [1.29, 1.82) is 0 Å². The van der Waals surface area contributed by atoms with E-state index in [4.69, 9.17) is 21.1 Å². The highest BCUT2D eigenvalue weighted by molar-refractivity contribution is 7.20. The van der Waals surface area contributed by atoms with Gasteiger partial charge in [0.2, 0.25) is 6.79 Å². The third kappa shape index (κ3) is 3.43. The zero-order valence-corrected chi connectivity index (χ0v) is 17.0. The van der Waals surface area contributed by atoms with E-state index in [1.54, 1.807) is 18.2 Å². The van der Waals surface area contributed by atoms with E-state index in [0.717, 1.165) is 21.5 Å². The van der Waals surface area contributed by atoms with Gasteiger partial charge in [0.15, 0.2) is 11.5 Å². The quantitative estimate of drug-likeness (QED) is 0.494. The number of aryl methyl sites for hydroxylation is 1. The monoisotopic (exact) mass is 425 g/mol. The molecule has 0 saturated heterocycles. The minimum atomic E-state index is -0.164. The number of aromatic nitrogens is 2. The number of rotatable bonds is 4. The summed E-state index contributed by atoms with van der Waals surface area (Å²) < 4.78 is 12.6. The molecule has 0 aliphatic carbocycles. The number of nitrogens with zero attached hydrogens (tertiary/aromatic N) is 2. The predicted octanol–water partition coefficient (Wildman–Crippen LogP) is 5.09. The summed E-state index contributed by atoms with van der Waals surface area (Å²) in [7, 11) is 0. The Kier molecular flexibility index (Phi) is 4.41. The second-order valence-corrected chi connectivity index (χ2v) is 8.19. The van der Waals surface area contributed by atoms with E-state index in [1.807, 2.05) is 41.9 Å². The topological polar surface area (TPSA) is 65.4 Å². The smallest absolute Gasteiger partial charge is 0.265 e. The Morgan fingerprint density at radius 2 is 1.97 bits per heavy atom. The highest BCUT2D eigenvalue weighted by Crippen LogP contribution is 2.35. The largest absolute Gasteiger partial charge is 0.454 e. The van der Waals surface area contributed by atoms with Gasteiger partial charge in [-0.3, -0.25) is 9.48 Å². The number of halogens is 1. The van der Waals surface area contributed by atoms with Gasteiger partial charge in [-0.1, -0.05) is 23.7 Å². The number of carbonyl (C=O) groups is 1. The molecule has 1 amide bonds. The molecule has 2 aromatic carbocycles. The molecular formula is C21H16ClN3O3S. The maximum Gasteiger partial charge on any atom is 0.265 e. The number of thiophene rings is 1. The van der Waals surface area contributed by atoms with Crippen LogP contribution in [0.5, 0.6) is 11.5 Å². The summed E-state index contributed by atoms with van der Waals surface area (Å²) >= 11 is 7.40. The molecule has 0 bridgehead atoms. The Morgan fingerprint density at radius 1 is 1.17 bits per heavy atom. The van der Waals surface area contributed by atoms with Crippen LogP contribution in [-0.4, -0.2) is 22.5 Å². The van der Waals surface area contributed by atoms with Crippen molar-refractivity contribution in [3.63, 3.8) is 0 Å². The fourth-order valence-electron chi connectivity index (χ4n) is 3.26. The average molecular weight is 426 g/mol. The van der Waals surface area contributed by atoms with E-state index in [-0.39, 0.29) is 12.7 Å². The fraction of sp³-hybridized carbons (Fsp3) is 0.143. The minimum absolute atomic E-state index is 0.164. The third-order valence-corrected chi connectivity index (χ3v) is 6.11. The maximum atomic E-state index is 12.8. The third-order valence-electron chi connectivity index (χ3n) is 4.71. The number of carbonyl (C=O) groups excluding carboxylic acids is 1. The molecule has 6 nitrogen and oxygen atoms in total. The lowest BCUT2D eigenvalue weighted by atomic mass is 10.2. The van der Waals surface area contributed by atoms with Crippen molar-refractivity contribution in [3.8, 4) is 11.5 Å². The number of ether oxygens (including phenoxy) is 2. The van der Waals surface area contributed by atoms with Gasteiger partial charge in [0.05, 0.1) is 17.1 Å². The van der Waals surface area contributed by atoms with Crippen molar-refractivity contribution in [2.75, 3.05) is 12.1 Å². The van der Waals surface area contributed by atoms with E-state index in [1.165, 1.54) is 11.3 Å². The molecule has 0 unspecified atom stereocenters. The first-order chi connectivity index (χ1) is 14.1. The Bertz CT molecular complexity index is 1230. The zero-order valence-electron chi connectivity index (χ0n) is 15.4. The van der Waals surface area contributed by atoms with Crippen LogP contribution in [-0.2, 0) is 6.54 Å². The van der Waals surface area contributed by atoms with Gasteiger partial charge in [-0.15, -0.1) is 11.3 Å². The van der Waals surface area contributed by atoms with Gasteiger partial charge in [0, 0.05) is 22.2 Å². The molecule has 0 radical (unpaired) electrons. The summed E-state index contributed by atoms with van der Waals surface area (Å²) in [6, 6.07) is 14.9. The predicted molar refractivity (Wildman–Crippen MR) is 113 cm³/mol. The first-order valence-corrected chi connectivity index (χ1v) is 10.2. The maximum absolute atomic E-state index is 12.8. The van der Waals surface area contributed by atoms with Gasteiger partial charge in [-0.25, -0.2) is 0 Å². The second-order valence-electron chi connectivity index (χ2n) is 6.72. The summed E-state index contributed by atoms with van der Waals surface area (Å²) in [6.45, 7) is 2.77. The van der Waals surface area contributed by atoms with E-state index in [0.29, 0.717) is 33.6 Å². The normalized spacial score (nSPS) is 12.5. The van der Waals surface area contributed by atoms with Crippen molar-refractivity contribution in [3.05, 3.63) is 69.7 Å². The Hall–Kier alpha value is -3.03. The lowest BCUT2D eigenvalue weighted by Gasteiger charge is -2.05. The molecule has 0 saturated carbocycles. The Balaban J connectivity index is 1.40. The number of benzene rings is 2. The molecule has 4 aromatic rings. The van der Waals surface area contributed by atoms with Gasteiger partial charge >= 0.3 is 0 Å². The zero-order chi connectivity index (χ0) is 20.0. The molecular weight excluding hydrogens is 410 g/mol. The van der Waals surface area contributed by atoms with E-state index in [2.05, 4.69) is 10.4 Å². The highest BCUT2D eigenvalue weighted by atomic mass is 35.5. The molecule has 0 spiro atoms. The molecule has 5 rings (SSSR count). The van der Waals surface area contributed by atoms with Gasteiger partial charge in [0.25, 0.3) is 5.91 Å². The van der Waals surface area contributed by atoms with Gasteiger partial charge in [0.1, 0.15) is 4.83 Å². The average Bonchev–Trinajstić information content (AvgIpc) is 3.41. The molecule has 1 N–H and O–H groups in total. The Morgan fingerprint density at radius 3 is 2.79 bits per heavy atom. The summed E-state index contributed by atoms with van der Waals surface area (Å²) in [5.41, 5.74) is 2.65. The van der Waals surface area contributed by atoms with Crippen molar-refractivity contribution in [2.24, 2.45) is 0 Å². The van der Waals surface area contributed by atoms with Crippen molar-refractivity contribution in [1.82, 2.24) is 9.78 Å². The van der Waals surface area contributed by atoms with E-state index in [9.17, 15) is 4.79 Å². The van der Waals surface area contributed by atoms with Crippen LogP contribution in [0, 0.1) is 6.92 Å². The number of hydrogen-bond donors (Lipinski definition) is 1. The number of hydrogen-bond acceptors (Lipinski definition) is 5. The van der Waals surface area contributed by atoms with Crippen LogP contribution in [0.3, 0.4) is 0 Å². The van der Waals surface area contributed by atoms with Crippen LogP contribution in [0.2, 0.25) is 5.02 Å². The SMILES string of the molecule is Cc1nn(Cc2ccc(Cl)cc2)c2sc(C(=O)Nc3ccc4c(c3)OCO4)cc12. The molecule has 0 fully saturated rings. The first kappa shape index (κ1) is 18.0. The van der Waals surface area contributed by atoms with Crippen molar-refractivity contribution in [2.45, 2.75) is 13.5 Å². The molecule has 2 aromatic heterocycles. The standard InChI is InChI=1S/C21H16ClN3O3S/c1-12-16-9-19(20(26)23-15-6-7-17-18(8-15)28-11-27-17)29-21(16)25(24-12)10-13-2-4-14(22)5-3-13/h2-9H,10-11H2,1H3,(H,23,26). The highest BCUT2D eigenvalue weighted by Gasteiger charge is 2.18. The molecule has 146 valence electrons. The van der Waals surface area contributed by atoms with Crippen LogP contribution in [0.1, 0.15) is 20.9 Å². The number of anilines is 1. The number of amides is 1. The molecule has 0 atom stereocenters. The summed E-state index contributed by atoms with van der Waals surface area (Å²) in [6.07, 6.45) is 0. The molecule has 1 aliphatic rings. The molecule has 1 aliphatic heterocycles. The summed E-state index contributed by atoms with van der Waals surface area (Å²) in [5, 5.41) is 9.24. The van der Waals surface area contributed by atoms with E-state index >= 15 is 0 Å². The van der Waals surface area contributed by atoms with Crippen LogP contribution >= 0.6 is 22.9 Å². The van der Waals surface area contributed by atoms with Crippen LogP contribution in [0.25, 0.3) is 10.2 Å². The summed E-state index contributed by atoms with van der Waals surface area (Å²) in [4.78, 5) is 14.4. The minimum Gasteiger partial charge on any atom is -0.454 e. The van der Waals surface area contributed by atoms with Crippen LogP contribution < -0.4 is 14.8 Å². The summed E-state index contributed by atoms with van der Waals surface area (Å²) in [5.74, 6) is 1.15. The lowest BCUT2D eigenvalue weighted by Crippen LogP contribution is -2.10. The lowest BCUT2D eigenvalue weighted by molar-refractivity contribution is 0.103. The van der Waals surface area contributed by atoms with Crippen LogP contribution in [0.15, 0.2) is 48.5 Å². The van der Waals surface area contributed by atoms with Crippen molar-refractivity contribution < 1.29 is 14.3 Å². The van der Waals surface area contributed by atoms with E-state index < -0.39 is 0 Å². The fourth-order valence-corrected chi connectivity index (χ4v) is 4.44. The Labute approximate surface area is 175 Å². The number of fused-ring (bicyclic) bond motifs is 2. The van der Waals surface area contributed by atoms with Crippen LogP contribution in [0.4, 0.5) is 5.69 Å². The van der Waals surface area contributed by atoms with Gasteiger partial charge < -0.3 is 14.8 Å². The van der Waals surface area contributed by atoms with Gasteiger partial charge in [-0.05, 0) is 42.8 Å². The molecule has 8 heteroatoms. The number of nitrogens with one attached hydrogen (secondary N) is 1. The first-order valence-electron chi connectivity index (χ1n) is 8.99. The van der Waals surface area contributed by atoms with Crippen molar-refractivity contribution >= 4 is 44.7 Å². The van der Waals surface area contributed by atoms with Gasteiger partial charge in [-0.2, -0.15) is 5.10 Å². The second kappa shape index (κ2) is 7.09. The molecule has 29 heavy (non-hydrogen) atoms.